The predicted octanol–water partition coefficient (Wildman–Crippen LogP) is 4.49. The van der Waals surface area contributed by atoms with Crippen LogP contribution in [0.15, 0.2) is 53.9 Å². The first-order chi connectivity index (χ1) is 13.5. The van der Waals surface area contributed by atoms with E-state index in [1.807, 2.05) is 67.8 Å². The summed E-state index contributed by atoms with van der Waals surface area (Å²) in [6.45, 7) is 4.42. The number of aromatic nitrogens is 1. The van der Waals surface area contributed by atoms with Gasteiger partial charge in [-0.2, -0.15) is 0 Å². The minimum absolute atomic E-state index is 0.0286. The summed E-state index contributed by atoms with van der Waals surface area (Å²) in [4.78, 5) is 31.8. The Bertz CT molecular complexity index is 1030. The molecule has 0 saturated heterocycles. The number of aryl methyl sites for hydroxylation is 2. The van der Waals surface area contributed by atoms with Crippen molar-refractivity contribution in [1.82, 2.24) is 9.88 Å². The zero-order chi connectivity index (χ0) is 19.7. The summed E-state index contributed by atoms with van der Waals surface area (Å²) in [6.07, 6.45) is 0.182. The van der Waals surface area contributed by atoms with E-state index < -0.39 is 0 Å². The first kappa shape index (κ1) is 18.4. The minimum Gasteiger partial charge on any atom is -0.327 e. The lowest BCUT2D eigenvalue weighted by molar-refractivity contribution is -0.117. The van der Waals surface area contributed by atoms with Gasteiger partial charge < -0.3 is 10.2 Å². The lowest BCUT2D eigenvalue weighted by Crippen LogP contribution is -2.32. The fourth-order valence-corrected chi connectivity index (χ4v) is 4.19. The molecule has 4 rings (SSSR count). The number of fused-ring (bicyclic) bond motifs is 1. The number of hydrogen-bond donors (Lipinski definition) is 1. The van der Waals surface area contributed by atoms with Gasteiger partial charge in [0.1, 0.15) is 0 Å². The number of anilines is 1. The summed E-state index contributed by atoms with van der Waals surface area (Å²) >= 11 is 1.40. The summed E-state index contributed by atoms with van der Waals surface area (Å²) < 4.78 is 0. The summed E-state index contributed by atoms with van der Waals surface area (Å²) in [7, 11) is 0. The Morgan fingerprint density at radius 2 is 1.93 bits per heavy atom. The zero-order valence-corrected chi connectivity index (χ0v) is 16.6. The summed E-state index contributed by atoms with van der Waals surface area (Å²) in [6, 6.07) is 15.3. The van der Waals surface area contributed by atoms with Crippen molar-refractivity contribution in [3.63, 3.8) is 0 Å². The molecule has 0 bridgehead atoms. The summed E-state index contributed by atoms with van der Waals surface area (Å²) in [5.74, 6) is -0.178. The van der Waals surface area contributed by atoms with E-state index in [9.17, 15) is 9.59 Å². The van der Waals surface area contributed by atoms with Gasteiger partial charge in [0.15, 0.2) is 5.13 Å². The number of thiazole rings is 1. The second kappa shape index (κ2) is 7.56. The van der Waals surface area contributed by atoms with Gasteiger partial charge in [-0.3, -0.25) is 9.59 Å². The molecule has 0 saturated carbocycles. The van der Waals surface area contributed by atoms with E-state index in [1.165, 1.54) is 11.3 Å². The van der Waals surface area contributed by atoms with Crippen LogP contribution >= 0.6 is 11.3 Å². The SMILES string of the molecule is Cc1ccc([C@@H](CC(=O)Nc2nc(C)cs2)N2Cc3ccccc3C2=O)cc1. The fourth-order valence-electron chi connectivity index (χ4n) is 3.48. The van der Waals surface area contributed by atoms with Crippen LogP contribution in [0.1, 0.15) is 45.2 Å². The number of hydrogen-bond acceptors (Lipinski definition) is 4. The van der Waals surface area contributed by atoms with Crippen molar-refractivity contribution in [3.8, 4) is 0 Å². The number of rotatable bonds is 5. The number of benzene rings is 2. The molecule has 0 aliphatic carbocycles. The second-order valence-electron chi connectivity index (χ2n) is 7.06. The molecule has 28 heavy (non-hydrogen) atoms. The van der Waals surface area contributed by atoms with Gasteiger partial charge in [0.05, 0.1) is 18.2 Å². The Hall–Kier alpha value is -2.99. The second-order valence-corrected chi connectivity index (χ2v) is 7.92. The van der Waals surface area contributed by atoms with Gasteiger partial charge in [-0.25, -0.2) is 4.98 Å². The third-order valence-electron chi connectivity index (χ3n) is 4.93. The number of carbonyl (C=O) groups is 2. The molecule has 5 nitrogen and oxygen atoms in total. The van der Waals surface area contributed by atoms with E-state index in [1.54, 1.807) is 4.90 Å². The van der Waals surface area contributed by atoms with Crippen molar-refractivity contribution in [2.24, 2.45) is 0 Å². The lowest BCUT2D eigenvalue weighted by atomic mass is 10.0. The van der Waals surface area contributed by atoms with Gasteiger partial charge in [-0.05, 0) is 31.0 Å². The Morgan fingerprint density at radius 1 is 1.18 bits per heavy atom. The molecule has 1 atom stereocenters. The van der Waals surface area contributed by atoms with E-state index in [4.69, 9.17) is 0 Å². The van der Waals surface area contributed by atoms with Crippen LogP contribution in [0.25, 0.3) is 0 Å². The van der Waals surface area contributed by atoms with Gasteiger partial charge in [0.25, 0.3) is 5.91 Å². The molecule has 1 aromatic heterocycles. The molecular weight excluding hydrogens is 370 g/mol. The fraction of sp³-hybridized carbons (Fsp3) is 0.227. The molecule has 2 aromatic carbocycles. The van der Waals surface area contributed by atoms with Crippen LogP contribution < -0.4 is 5.32 Å². The highest BCUT2D eigenvalue weighted by Crippen LogP contribution is 2.34. The molecule has 0 radical (unpaired) electrons. The highest BCUT2D eigenvalue weighted by atomic mass is 32.1. The molecular formula is C22H21N3O2S. The van der Waals surface area contributed by atoms with Gasteiger partial charge in [-0.1, -0.05) is 48.0 Å². The third-order valence-corrected chi connectivity index (χ3v) is 5.81. The number of nitrogens with zero attached hydrogens (tertiary/aromatic N) is 2. The highest BCUT2D eigenvalue weighted by molar-refractivity contribution is 7.13. The molecule has 142 valence electrons. The number of carbonyl (C=O) groups excluding carboxylic acids is 2. The van der Waals surface area contributed by atoms with Gasteiger partial charge in [0, 0.05) is 17.5 Å². The van der Waals surface area contributed by atoms with Crippen molar-refractivity contribution in [2.45, 2.75) is 32.9 Å². The quantitative estimate of drug-likeness (QED) is 0.697. The Kier molecular flexibility index (Phi) is 4.96. The van der Waals surface area contributed by atoms with Crippen LogP contribution in [-0.2, 0) is 11.3 Å². The van der Waals surface area contributed by atoms with Crippen molar-refractivity contribution in [1.29, 1.82) is 0 Å². The normalized spacial score (nSPS) is 14.1. The third kappa shape index (κ3) is 3.68. The average Bonchev–Trinajstić information content (AvgIpc) is 3.24. The lowest BCUT2D eigenvalue weighted by Gasteiger charge is -2.28. The van der Waals surface area contributed by atoms with Crippen molar-refractivity contribution in [3.05, 3.63) is 81.9 Å². The number of amides is 2. The van der Waals surface area contributed by atoms with E-state index in [-0.39, 0.29) is 24.3 Å². The Labute approximate surface area is 168 Å². The first-order valence-corrected chi connectivity index (χ1v) is 10.1. The smallest absolute Gasteiger partial charge is 0.255 e. The Balaban J connectivity index is 1.60. The molecule has 1 aliphatic heterocycles. The molecule has 3 aromatic rings. The molecule has 0 fully saturated rings. The molecule has 2 amide bonds. The highest BCUT2D eigenvalue weighted by Gasteiger charge is 2.34. The van der Waals surface area contributed by atoms with Gasteiger partial charge >= 0.3 is 0 Å². The van der Waals surface area contributed by atoms with Crippen molar-refractivity contribution >= 4 is 28.3 Å². The largest absolute Gasteiger partial charge is 0.327 e. The number of nitrogens with one attached hydrogen (secondary N) is 1. The predicted molar refractivity (Wildman–Crippen MR) is 110 cm³/mol. The molecule has 0 unspecified atom stereocenters. The van der Waals surface area contributed by atoms with Crippen LogP contribution in [0.2, 0.25) is 0 Å². The maximum absolute atomic E-state index is 13.0. The zero-order valence-electron chi connectivity index (χ0n) is 15.8. The first-order valence-electron chi connectivity index (χ1n) is 9.18. The van der Waals surface area contributed by atoms with E-state index in [0.29, 0.717) is 11.7 Å². The van der Waals surface area contributed by atoms with Crippen LogP contribution in [0.3, 0.4) is 0 Å². The monoisotopic (exact) mass is 391 g/mol. The molecule has 1 N–H and O–H groups in total. The maximum atomic E-state index is 13.0. The molecule has 1 aliphatic rings. The molecule has 0 spiro atoms. The van der Waals surface area contributed by atoms with E-state index in [2.05, 4.69) is 10.3 Å². The van der Waals surface area contributed by atoms with Gasteiger partial charge in [-0.15, -0.1) is 11.3 Å². The van der Waals surface area contributed by atoms with E-state index >= 15 is 0 Å². The van der Waals surface area contributed by atoms with Crippen LogP contribution in [0.4, 0.5) is 5.13 Å². The molecule has 2 heterocycles. The van der Waals surface area contributed by atoms with E-state index in [0.717, 1.165) is 27.9 Å². The van der Waals surface area contributed by atoms with Crippen LogP contribution in [0, 0.1) is 13.8 Å². The summed E-state index contributed by atoms with van der Waals surface area (Å²) in [5.41, 5.74) is 4.69. The summed E-state index contributed by atoms with van der Waals surface area (Å²) in [5, 5.41) is 5.35. The van der Waals surface area contributed by atoms with Crippen molar-refractivity contribution < 1.29 is 9.59 Å². The van der Waals surface area contributed by atoms with Crippen LogP contribution in [-0.4, -0.2) is 21.7 Å². The minimum atomic E-state index is -0.332. The van der Waals surface area contributed by atoms with Crippen molar-refractivity contribution in [2.75, 3.05) is 5.32 Å². The average molecular weight is 391 g/mol. The molecule has 6 heteroatoms. The van der Waals surface area contributed by atoms with Crippen LogP contribution in [0.5, 0.6) is 0 Å². The standard InChI is InChI=1S/C22H21N3O2S/c1-14-7-9-16(10-8-14)19(11-20(26)24-22-23-15(2)13-28-22)25-12-17-5-3-4-6-18(17)21(25)27/h3-10,13,19H,11-12H2,1-2H3,(H,23,24,26)/t19-/m1/s1. The maximum Gasteiger partial charge on any atom is 0.255 e. The Morgan fingerprint density at radius 3 is 2.61 bits per heavy atom. The van der Waals surface area contributed by atoms with Gasteiger partial charge in [0.2, 0.25) is 5.91 Å². The topological polar surface area (TPSA) is 62.3 Å².